The summed E-state index contributed by atoms with van der Waals surface area (Å²) in [6.07, 6.45) is 5.83. The summed E-state index contributed by atoms with van der Waals surface area (Å²) in [5.41, 5.74) is 0. The van der Waals surface area contributed by atoms with Crippen LogP contribution in [-0.4, -0.2) is 9.97 Å². The van der Waals surface area contributed by atoms with Gasteiger partial charge in [-0.1, -0.05) is 0 Å². The molecule has 1 rings (SSSR count). The van der Waals surface area contributed by atoms with Crippen LogP contribution in [0, 0.1) is 6.33 Å². The Kier molecular flexibility index (Phi) is 8.90. The van der Waals surface area contributed by atoms with Crippen molar-refractivity contribution in [1.82, 2.24) is 9.97 Å². The molecule has 4 heteroatoms. The van der Waals surface area contributed by atoms with E-state index in [4.69, 9.17) is 0 Å². The van der Waals surface area contributed by atoms with Gasteiger partial charge in [-0.15, -0.1) is 12.4 Å². The minimum absolute atomic E-state index is 0. The molecule has 0 aliphatic rings. The predicted molar refractivity (Wildman–Crippen MR) is 17.4 cm³/mol. The maximum absolute atomic E-state index is 3.54. The standard InChI is InChI=1S/C3H3N2.ClH.Zn/c1-2-5-3-4-1;;/h1-2H,(H,4,5);1H;/q-1;;+2/p-1. The van der Waals surface area contributed by atoms with Crippen LogP contribution in [0.3, 0.4) is 0 Å². The summed E-state index contributed by atoms with van der Waals surface area (Å²) >= 11 is 0. The average molecular weight is 168 g/mol. The second-order valence-electron chi connectivity index (χ2n) is 0.701. The molecule has 2 nitrogen and oxygen atoms in total. The fourth-order valence-corrected chi connectivity index (χ4v) is 0.186. The molecule has 0 aliphatic heterocycles. The summed E-state index contributed by atoms with van der Waals surface area (Å²) < 4.78 is 0. The summed E-state index contributed by atoms with van der Waals surface area (Å²) in [7, 11) is 0. The summed E-state index contributed by atoms with van der Waals surface area (Å²) in [6, 6.07) is 0. The second-order valence-corrected chi connectivity index (χ2v) is 0.701. The van der Waals surface area contributed by atoms with Gasteiger partial charge in [0.05, 0.1) is 0 Å². The van der Waals surface area contributed by atoms with Gasteiger partial charge in [-0.25, -0.2) is 0 Å². The number of hydrogen-bond acceptors (Lipinski definition) is 1. The van der Waals surface area contributed by atoms with Crippen LogP contribution in [0.2, 0.25) is 0 Å². The number of halogens is 1. The van der Waals surface area contributed by atoms with Crippen molar-refractivity contribution in [3.8, 4) is 0 Å². The van der Waals surface area contributed by atoms with E-state index >= 15 is 0 Å². The fraction of sp³-hybridized carbons (Fsp3) is 0. The molecule has 7 heavy (non-hydrogen) atoms. The molecule has 34 valence electrons. The van der Waals surface area contributed by atoms with E-state index in [1.54, 1.807) is 12.4 Å². The van der Waals surface area contributed by atoms with Crippen molar-refractivity contribution < 1.29 is 31.9 Å². The second kappa shape index (κ2) is 6.12. The van der Waals surface area contributed by atoms with Gasteiger partial charge in [0, 0.05) is 0 Å². The molecule has 1 N–H and O–H groups in total. The third-order valence-corrected chi connectivity index (χ3v) is 0.362. The zero-order chi connectivity index (χ0) is 3.54. The predicted octanol–water partition coefficient (Wildman–Crippen LogP) is -2.79. The van der Waals surface area contributed by atoms with Gasteiger partial charge in [-0.2, -0.15) is 0 Å². The van der Waals surface area contributed by atoms with Gasteiger partial charge in [0.1, 0.15) is 0 Å². The van der Waals surface area contributed by atoms with Gasteiger partial charge in [0.15, 0.2) is 0 Å². The number of aromatic nitrogens is 2. The molecule has 0 aromatic carbocycles. The zero-order valence-corrected chi connectivity index (χ0v) is 7.41. The quantitative estimate of drug-likeness (QED) is 0.329. The van der Waals surface area contributed by atoms with E-state index in [0.717, 1.165) is 0 Å². The normalized spacial score (nSPS) is 5.71. The van der Waals surface area contributed by atoms with Crippen LogP contribution in [-0.2, 0) is 19.5 Å². The molecule has 0 bridgehead atoms. The van der Waals surface area contributed by atoms with Crippen molar-refractivity contribution in [3.05, 3.63) is 18.7 Å². The zero-order valence-electron chi connectivity index (χ0n) is 3.69. The fourth-order valence-electron chi connectivity index (χ4n) is 0.186. The molecular weight excluding hydrogens is 165 g/mol. The van der Waals surface area contributed by atoms with Gasteiger partial charge in [0.2, 0.25) is 0 Å². The Bertz CT molecular complexity index is 69.4. The van der Waals surface area contributed by atoms with Crippen LogP contribution >= 0.6 is 0 Å². The first-order valence-electron chi connectivity index (χ1n) is 1.35. The molecule has 1 aromatic rings. The van der Waals surface area contributed by atoms with Crippen molar-refractivity contribution in [2.24, 2.45) is 0 Å². The van der Waals surface area contributed by atoms with Crippen LogP contribution in [0.5, 0.6) is 0 Å². The van der Waals surface area contributed by atoms with Crippen molar-refractivity contribution >= 4 is 0 Å². The van der Waals surface area contributed by atoms with Crippen LogP contribution in [0.4, 0.5) is 0 Å². The van der Waals surface area contributed by atoms with Crippen molar-refractivity contribution in [2.45, 2.75) is 0 Å². The van der Waals surface area contributed by atoms with Crippen LogP contribution in [0.15, 0.2) is 12.4 Å². The Labute approximate surface area is 60.9 Å². The van der Waals surface area contributed by atoms with Gasteiger partial charge in [-0.3, -0.25) is 0 Å². The van der Waals surface area contributed by atoms with E-state index < -0.39 is 0 Å². The summed E-state index contributed by atoms with van der Waals surface area (Å²) in [5, 5.41) is 0. The van der Waals surface area contributed by atoms with E-state index in [1.807, 2.05) is 0 Å². The van der Waals surface area contributed by atoms with E-state index in [9.17, 15) is 0 Å². The monoisotopic (exact) mass is 166 g/mol. The number of hydrogen-bond donors (Lipinski definition) is 1. The Balaban J connectivity index is 0. The molecule has 1 aromatic heterocycles. The van der Waals surface area contributed by atoms with E-state index in [2.05, 4.69) is 16.3 Å². The SMILES string of the molecule is [Cl-].[Zn+2].[c-]1ncc[nH]1. The molecule has 0 saturated carbocycles. The van der Waals surface area contributed by atoms with Crippen LogP contribution in [0.1, 0.15) is 0 Å². The number of rotatable bonds is 0. The van der Waals surface area contributed by atoms with E-state index in [0.29, 0.717) is 0 Å². The van der Waals surface area contributed by atoms with E-state index in [1.165, 1.54) is 0 Å². The first kappa shape index (κ1) is 10.2. The van der Waals surface area contributed by atoms with E-state index in [-0.39, 0.29) is 31.9 Å². The molecule has 1 heterocycles. The summed E-state index contributed by atoms with van der Waals surface area (Å²) in [6.45, 7) is 0. The Morgan fingerprint density at radius 2 is 2.29 bits per heavy atom. The van der Waals surface area contributed by atoms with Gasteiger partial charge in [0.25, 0.3) is 0 Å². The first-order valence-corrected chi connectivity index (χ1v) is 1.35. The average Bonchev–Trinajstić information content (AvgIpc) is 1.76. The molecule has 0 atom stereocenters. The molecule has 0 radical (unpaired) electrons. The first-order chi connectivity index (χ1) is 2.50. The molecule has 0 fully saturated rings. The molecule has 0 spiro atoms. The van der Waals surface area contributed by atoms with Crippen LogP contribution < -0.4 is 12.4 Å². The molecule has 0 unspecified atom stereocenters. The third kappa shape index (κ3) is 3.97. The largest absolute Gasteiger partial charge is 2.00 e. The Morgan fingerprint density at radius 1 is 1.57 bits per heavy atom. The Hall–Kier alpha value is 0.123. The number of nitrogens with zero attached hydrogens (tertiary/aromatic N) is 1. The summed E-state index contributed by atoms with van der Waals surface area (Å²) in [4.78, 5) is 6.17. The smallest absolute Gasteiger partial charge is 1.00 e. The number of imidazole rings is 1. The van der Waals surface area contributed by atoms with Crippen molar-refractivity contribution in [1.29, 1.82) is 0 Å². The summed E-state index contributed by atoms with van der Waals surface area (Å²) in [5.74, 6) is 0. The maximum atomic E-state index is 3.54. The van der Waals surface area contributed by atoms with Gasteiger partial charge >= 0.3 is 19.5 Å². The van der Waals surface area contributed by atoms with Gasteiger partial charge < -0.3 is 22.4 Å². The Morgan fingerprint density at radius 3 is 2.43 bits per heavy atom. The van der Waals surface area contributed by atoms with Crippen molar-refractivity contribution in [2.75, 3.05) is 0 Å². The third-order valence-electron chi connectivity index (χ3n) is 0.362. The maximum Gasteiger partial charge on any atom is 2.00 e. The topological polar surface area (TPSA) is 28.7 Å². The molecule has 0 saturated heterocycles. The minimum Gasteiger partial charge on any atom is -1.00 e. The number of nitrogens with one attached hydrogen (secondary N) is 1. The van der Waals surface area contributed by atoms with Crippen LogP contribution in [0.25, 0.3) is 0 Å². The molecular formula is C3H3ClN2Zn. The van der Waals surface area contributed by atoms with Gasteiger partial charge in [-0.05, 0) is 6.33 Å². The number of H-pyrrole nitrogens is 1. The number of aromatic amines is 1. The minimum atomic E-state index is 0. The molecule has 0 aliphatic carbocycles. The van der Waals surface area contributed by atoms with Crippen molar-refractivity contribution in [3.63, 3.8) is 0 Å². The molecule has 0 amide bonds.